The van der Waals surface area contributed by atoms with Crippen molar-refractivity contribution in [1.29, 1.82) is 0 Å². The van der Waals surface area contributed by atoms with Gasteiger partial charge in [-0.1, -0.05) is 42.5 Å². The summed E-state index contributed by atoms with van der Waals surface area (Å²) < 4.78 is 81.4. The molecule has 3 amide bonds. The van der Waals surface area contributed by atoms with Crippen molar-refractivity contribution in [3.63, 3.8) is 0 Å². The lowest BCUT2D eigenvalue weighted by molar-refractivity contribution is -0.138. The molecule has 0 radical (unpaired) electrons. The molecule has 2 fully saturated rings. The molecule has 3 heterocycles. The Morgan fingerprint density at radius 3 is 2.20 bits per heavy atom. The van der Waals surface area contributed by atoms with Gasteiger partial charge in [0.25, 0.3) is 0 Å². The molecule has 6 nitrogen and oxygen atoms in total. The molecule has 1 N–H and O–H groups in total. The lowest BCUT2D eigenvalue weighted by atomic mass is 9.84. The van der Waals surface area contributed by atoms with Crippen LogP contribution >= 0.6 is 0 Å². The molecule has 3 aromatic carbocycles. The third-order valence-corrected chi connectivity index (χ3v) is 7.64. The largest absolute Gasteiger partial charge is 0.418 e. The van der Waals surface area contributed by atoms with Gasteiger partial charge in [0.1, 0.15) is 6.04 Å². The molecule has 41 heavy (non-hydrogen) atoms. The second-order valence-electron chi connectivity index (χ2n) is 9.93. The first-order chi connectivity index (χ1) is 19.4. The minimum atomic E-state index is -4.87. The first-order valence-corrected chi connectivity index (χ1v) is 12.4. The predicted molar refractivity (Wildman–Crippen MR) is 135 cm³/mol. The number of imide groups is 1. The summed E-state index contributed by atoms with van der Waals surface area (Å²) in [4.78, 5) is 43.4. The zero-order valence-electron chi connectivity index (χ0n) is 20.8. The molecule has 0 aliphatic carbocycles. The number of amides is 3. The highest BCUT2D eigenvalue weighted by Crippen LogP contribution is 2.54. The van der Waals surface area contributed by atoms with E-state index in [-0.39, 0.29) is 5.69 Å². The van der Waals surface area contributed by atoms with Crippen LogP contribution < -0.4 is 10.2 Å². The highest BCUT2D eigenvalue weighted by molar-refractivity contribution is 6.24. The molecule has 2 saturated heterocycles. The van der Waals surface area contributed by atoms with Crippen molar-refractivity contribution in [3.05, 3.63) is 101 Å². The quantitative estimate of drug-likeness (QED) is 0.315. The van der Waals surface area contributed by atoms with Gasteiger partial charge in [-0.3, -0.25) is 14.4 Å². The number of fused-ring (bicyclic) bond motifs is 5. The molecule has 0 spiro atoms. The molecule has 3 aliphatic heterocycles. The van der Waals surface area contributed by atoms with Crippen LogP contribution in [0.15, 0.2) is 79.0 Å². The van der Waals surface area contributed by atoms with E-state index in [2.05, 4.69) is 5.32 Å². The summed E-state index contributed by atoms with van der Waals surface area (Å²) >= 11 is 0. The number of nitrogens with one attached hydrogen (secondary N) is 1. The number of rotatable bonds is 3. The van der Waals surface area contributed by atoms with Gasteiger partial charge < -0.3 is 10.2 Å². The van der Waals surface area contributed by atoms with Crippen LogP contribution in [0.4, 0.5) is 37.7 Å². The second-order valence-corrected chi connectivity index (χ2v) is 9.93. The molecule has 12 heteroatoms. The Kier molecular flexibility index (Phi) is 5.98. The molecular formula is C29H19F6N3O3. The van der Waals surface area contributed by atoms with Gasteiger partial charge in [0.05, 0.1) is 34.7 Å². The van der Waals surface area contributed by atoms with Gasteiger partial charge in [-0.05, 0) is 47.5 Å². The monoisotopic (exact) mass is 571 g/mol. The van der Waals surface area contributed by atoms with Gasteiger partial charge in [-0.25, -0.2) is 4.90 Å². The summed E-state index contributed by atoms with van der Waals surface area (Å²) in [7, 11) is 0. The maximum absolute atomic E-state index is 13.9. The average Bonchev–Trinajstić information content (AvgIpc) is 3.40. The number of benzene rings is 3. The molecule has 0 unspecified atom stereocenters. The fourth-order valence-electron chi connectivity index (χ4n) is 5.99. The van der Waals surface area contributed by atoms with E-state index in [0.29, 0.717) is 16.0 Å². The van der Waals surface area contributed by atoms with Crippen molar-refractivity contribution in [2.75, 3.05) is 10.2 Å². The molecule has 6 rings (SSSR count). The SMILES string of the molecule is O=C(Nc1cccc(C(F)(F)F)c1)[C@@H]1[C@@H]2C(=O)N(c3ccccc3C(F)(F)F)C(=O)[C@H]2[C@@H]2c3ccccc3C=CN12. The van der Waals surface area contributed by atoms with E-state index in [1.54, 1.807) is 30.3 Å². The Labute approximate surface area is 228 Å². The third kappa shape index (κ3) is 4.25. The minimum absolute atomic E-state index is 0.192. The van der Waals surface area contributed by atoms with E-state index >= 15 is 0 Å². The van der Waals surface area contributed by atoms with Crippen LogP contribution in [0.2, 0.25) is 0 Å². The molecule has 0 bridgehead atoms. The fraction of sp³-hybridized carbons (Fsp3) is 0.207. The Morgan fingerprint density at radius 1 is 0.780 bits per heavy atom. The maximum Gasteiger partial charge on any atom is 0.418 e. The van der Waals surface area contributed by atoms with Crippen molar-refractivity contribution in [2.45, 2.75) is 24.4 Å². The van der Waals surface area contributed by atoms with Gasteiger partial charge in [-0.15, -0.1) is 0 Å². The number of hydrogen-bond donors (Lipinski definition) is 1. The van der Waals surface area contributed by atoms with Crippen molar-refractivity contribution < 1.29 is 40.7 Å². The summed E-state index contributed by atoms with van der Waals surface area (Å²) in [5, 5.41) is 2.42. The number of para-hydroxylation sites is 1. The zero-order chi connectivity index (χ0) is 29.3. The van der Waals surface area contributed by atoms with Crippen molar-refractivity contribution in [2.24, 2.45) is 11.8 Å². The fourth-order valence-corrected chi connectivity index (χ4v) is 5.99. The number of anilines is 2. The topological polar surface area (TPSA) is 69.7 Å². The third-order valence-electron chi connectivity index (χ3n) is 7.64. The van der Waals surface area contributed by atoms with Crippen molar-refractivity contribution in [3.8, 4) is 0 Å². The lowest BCUT2D eigenvalue weighted by Crippen LogP contribution is -2.46. The molecular weight excluding hydrogens is 552 g/mol. The Balaban J connectivity index is 1.44. The number of halogens is 6. The van der Waals surface area contributed by atoms with E-state index in [0.717, 1.165) is 36.4 Å². The summed E-state index contributed by atoms with van der Waals surface area (Å²) in [6, 6.07) is 12.7. The number of nitrogens with zero attached hydrogens (tertiary/aromatic N) is 2. The van der Waals surface area contributed by atoms with Gasteiger partial charge in [0, 0.05) is 11.9 Å². The lowest BCUT2D eigenvalue weighted by Gasteiger charge is -2.35. The Morgan fingerprint density at radius 2 is 1.46 bits per heavy atom. The van der Waals surface area contributed by atoms with Crippen molar-refractivity contribution >= 4 is 35.2 Å². The molecule has 3 aromatic rings. The van der Waals surface area contributed by atoms with Crippen LogP contribution in [0.5, 0.6) is 0 Å². The molecule has 210 valence electrons. The average molecular weight is 571 g/mol. The zero-order valence-corrected chi connectivity index (χ0v) is 20.8. The van der Waals surface area contributed by atoms with Crippen LogP contribution in [0.25, 0.3) is 6.08 Å². The summed E-state index contributed by atoms with van der Waals surface area (Å²) in [6.45, 7) is 0. The standard InChI is InChI=1S/C29H19F6N3O3/c30-28(31,32)16-7-5-8-17(14-16)36-25(39)24-22-21(23-18-9-2-1-6-15(18)12-13-37(23)24)26(40)38(27(22)41)20-11-4-3-10-19(20)29(33,34)35/h1-14,21-24H,(H,36,39)/t21-,22-,23+,24+/m1/s1. The molecule has 0 saturated carbocycles. The first-order valence-electron chi connectivity index (χ1n) is 12.4. The van der Waals surface area contributed by atoms with Gasteiger partial charge >= 0.3 is 12.4 Å². The number of carbonyl (C=O) groups excluding carboxylic acids is 3. The highest BCUT2D eigenvalue weighted by atomic mass is 19.4. The van der Waals surface area contributed by atoms with Gasteiger partial charge in [0.15, 0.2) is 0 Å². The summed E-state index contributed by atoms with van der Waals surface area (Å²) in [5.41, 5.74) is -1.75. The van der Waals surface area contributed by atoms with E-state index in [1.807, 2.05) is 0 Å². The van der Waals surface area contributed by atoms with E-state index in [9.17, 15) is 40.7 Å². The van der Waals surface area contributed by atoms with Crippen LogP contribution in [0.1, 0.15) is 28.3 Å². The maximum atomic E-state index is 13.9. The molecule has 0 aromatic heterocycles. The van der Waals surface area contributed by atoms with Crippen LogP contribution in [-0.4, -0.2) is 28.7 Å². The second kappa shape index (κ2) is 9.22. The molecule has 4 atom stereocenters. The number of hydrogen-bond acceptors (Lipinski definition) is 4. The smallest absolute Gasteiger partial charge is 0.357 e. The number of alkyl halides is 6. The summed E-state index contributed by atoms with van der Waals surface area (Å²) in [6.07, 6.45) is -6.36. The van der Waals surface area contributed by atoms with Gasteiger partial charge in [0.2, 0.25) is 17.7 Å². The van der Waals surface area contributed by atoms with Crippen LogP contribution in [0.3, 0.4) is 0 Å². The van der Waals surface area contributed by atoms with E-state index in [1.165, 1.54) is 23.2 Å². The predicted octanol–water partition coefficient (Wildman–Crippen LogP) is 5.88. The Hall–Kier alpha value is -4.61. The Bertz CT molecular complexity index is 1620. The number of carbonyl (C=O) groups is 3. The highest BCUT2D eigenvalue weighted by Gasteiger charge is 2.65. The molecule has 3 aliphatic rings. The first kappa shape index (κ1) is 26.6. The van der Waals surface area contributed by atoms with Crippen LogP contribution in [0, 0.1) is 11.8 Å². The van der Waals surface area contributed by atoms with E-state index in [4.69, 9.17) is 0 Å². The minimum Gasteiger partial charge on any atom is -0.357 e. The van der Waals surface area contributed by atoms with Crippen molar-refractivity contribution in [1.82, 2.24) is 4.90 Å². The normalized spacial score (nSPS) is 23.4. The summed E-state index contributed by atoms with van der Waals surface area (Å²) in [5.74, 6) is -5.41. The van der Waals surface area contributed by atoms with Gasteiger partial charge in [-0.2, -0.15) is 26.3 Å². The van der Waals surface area contributed by atoms with E-state index < -0.39 is 70.8 Å². The van der Waals surface area contributed by atoms with Crippen LogP contribution in [-0.2, 0) is 26.7 Å².